The van der Waals surface area contributed by atoms with Gasteiger partial charge in [-0.3, -0.25) is 15.3 Å². The van der Waals surface area contributed by atoms with Crippen molar-refractivity contribution >= 4 is 28.5 Å². The molecule has 3 aromatic rings. The number of hydrogen-bond donors (Lipinski definition) is 4. The SMILES string of the molecule is Cc1ccc(NC(=O)O[C@@H](c2ccc(O)c3ccccc23)[C@H](C)/C=C/C(=O)NO)cc1. The lowest BCUT2D eigenvalue weighted by Crippen LogP contribution is -2.22. The van der Waals surface area contributed by atoms with Gasteiger partial charge in [0.1, 0.15) is 11.9 Å². The number of hydroxylamine groups is 1. The third-order valence-corrected chi connectivity index (χ3v) is 4.91. The van der Waals surface area contributed by atoms with E-state index in [0.29, 0.717) is 16.6 Å². The number of carbonyl (C=O) groups is 2. The summed E-state index contributed by atoms with van der Waals surface area (Å²) in [5, 5.41) is 23.0. The quantitative estimate of drug-likeness (QED) is 0.259. The number of hydrogen-bond acceptors (Lipinski definition) is 5. The fraction of sp³-hybridized carbons (Fsp3) is 0.167. The monoisotopic (exact) mass is 420 g/mol. The molecule has 2 atom stereocenters. The molecule has 3 aromatic carbocycles. The number of carbonyl (C=O) groups excluding carboxylic acids is 2. The van der Waals surface area contributed by atoms with Crippen LogP contribution in [0.1, 0.15) is 24.2 Å². The summed E-state index contributed by atoms with van der Waals surface area (Å²) in [7, 11) is 0. The van der Waals surface area contributed by atoms with E-state index in [-0.39, 0.29) is 5.75 Å². The molecule has 2 amide bonds. The minimum Gasteiger partial charge on any atom is -0.507 e. The molecule has 0 saturated carbocycles. The minimum atomic E-state index is -0.765. The lowest BCUT2D eigenvalue weighted by atomic mass is 9.92. The van der Waals surface area contributed by atoms with Crippen molar-refractivity contribution in [3.8, 4) is 5.75 Å². The summed E-state index contributed by atoms with van der Waals surface area (Å²) in [6.07, 6.45) is 1.29. The van der Waals surface area contributed by atoms with Crippen molar-refractivity contribution in [2.24, 2.45) is 5.92 Å². The van der Waals surface area contributed by atoms with Gasteiger partial charge in [0.2, 0.25) is 0 Å². The Hall–Kier alpha value is -3.84. The van der Waals surface area contributed by atoms with Crippen LogP contribution in [0.25, 0.3) is 10.8 Å². The Labute approximate surface area is 179 Å². The molecule has 0 spiro atoms. The molecule has 31 heavy (non-hydrogen) atoms. The number of fused-ring (bicyclic) bond motifs is 1. The molecular formula is C24H24N2O5. The molecule has 7 heteroatoms. The van der Waals surface area contributed by atoms with Crippen molar-refractivity contribution < 1.29 is 24.6 Å². The number of aryl methyl sites for hydroxylation is 1. The van der Waals surface area contributed by atoms with E-state index in [4.69, 9.17) is 9.94 Å². The first-order valence-electron chi connectivity index (χ1n) is 9.76. The van der Waals surface area contributed by atoms with Gasteiger partial charge in [0.05, 0.1) is 0 Å². The number of benzene rings is 3. The second-order valence-corrected chi connectivity index (χ2v) is 7.23. The van der Waals surface area contributed by atoms with Crippen molar-refractivity contribution in [3.05, 3.63) is 83.9 Å². The lowest BCUT2D eigenvalue weighted by Gasteiger charge is -2.24. The highest BCUT2D eigenvalue weighted by atomic mass is 16.6. The molecule has 0 aliphatic carbocycles. The molecule has 0 unspecified atom stereocenters. The predicted octanol–water partition coefficient (Wildman–Crippen LogP) is 4.84. The lowest BCUT2D eigenvalue weighted by molar-refractivity contribution is -0.124. The first-order valence-corrected chi connectivity index (χ1v) is 9.76. The Morgan fingerprint density at radius 1 is 1.00 bits per heavy atom. The second-order valence-electron chi connectivity index (χ2n) is 7.23. The molecule has 7 nitrogen and oxygen atoms in total. The van der Waals surface area contributed by atoms with Gasteiger partial charge in [0, 0.05) is 28.6 Å². The second kappa shape index (κ2) is 9.77. The number of phenols is 1. The number of rotatable bonds is 6. The summed E-state index contributed by atoms with van der Waals surface area (Å²) in [4.78, 5) is 24.1. The molecule has 0 radical (unpaired) electrons. The zero-order valence-electron chi connectivity index (χ0n) is 17.2. The van der Waals surface area contributed by atoms with Crippen molar-refractivity contribution in [1.82, 2.24) is 5.48 Å². The van der Waals surface area contributed by atoms with Gasteiger partial charge in [-0.1, -0.05) is 61.0 Å². The van der Waals surface area contributed by atoms with Crippen LogP contribution in [-0.2, 0) is 9.53 Å². The summed E-state index contributed by atoms with van der Waals surface area (Å²) in [5.74, 6) is -0.996. The molecule has 0 aliphatic heterocycles. The van der Waals surface area contributed by atoms with Crippen LogP contribution in [0.3, 0.4) is 0 Å². The Balaban J connectivity index is 1.94. The van der Waals surface area contributed by atoms with Crippen LogP contribution in [0, 0.1) is 12.8 Å². The maximum absolute atomic E-state index is 12.7. The van der Waals surface area contributed by atoms with Crippen molar-refractivity contribution in [2.75, 3.05) is 5.32 Å². The van der Waals surface area contributed by atoms with Crippen LogP contribution >= 0.6 is 0 Å². The molecule has 160 valence electrons. The molecule has 3 rings (SSSR count). The van der Waals surface area contributed by atoms with Gasteiger partial charge in [-0.05, 0) is 30.5 Å². The Kier molecular flexibility index (Phi) is 6.89. The first-order chi connectivity index (χ1) is 14.9. The summed E-state index contributed by atoms with van der Waals surface area (Å²) in [5.41, 5.74) is 3.86. The normalized spacial score (nSPS) is 13.0. The van der Waals surface area contributed by atoms with E-state index in [9.17, 15) is 14.7 Å². The van der Waals surface area contributed by atoms with E-state index >= 15 is 0 Å². The Morgan fingerprint density at radius 2 is 1.68 bits per heavy atom. The minimum absolute atomic E-state index is 0.116. The van der Waals surface area contributed by atoms with Crippen molar-refractivity contribution in [2.45, 2.75) is 20.0 Å². The molecule has 0 fully saturated rings. The number of aromatic hydroxyl groups is 1. The van der Waals surface area contributed by atoms with Crippen LogP contribution in [0.4, 0.5) is 10.5 Å². The van der Waals surface area contributed by atoms with Gasteiger partial charge in [0.25, 0.3) is 5.91 Å². The van der Waals surface area contributed by atoms with Crippen LogP contribution in [0.5, 0.6) is 5.75 Å². The van der Waals surface area contributed by atoms with E-state index in [1.807, 2.05) is 31.2 Å². The van der Waals surface area contributed by atoms with Gasteiger partial charge >= 0.3 is 6.09 Å². The maximum atomic E-state index is 12.7. The number of amides is 2. The van der Waals surface area contributed by atoms with Gasteiger partial charge in [-0.25, -0.2) is 10.3 Å². The highest BCUT2D eigenvalue weighted by Gasteiger charge is 2.25. The topological polar surface area (TPSA) is 108 Å². The van der Waals surface area contributed by atoms with Crippen LogP contribution in [-0.4, -0.2) is 22.3 Å². The van der Waals surface area contributed by atoms with E-state index in [1.54, 1.807) is 43.3 Å². The fourth-order valence-electron chi connectivity index (χ4n) is 3.29. The first kappa shape index (κ1) is 21.9. The Bertz CT molecular complexity index is 1110. The molecule has 0 aromatic heterocycles. The fourth-order valence-corrected chi connectivity index (χ4v) is 3.29. The molecule has 0 bridgehead atoms. The van der Waals surface area contributed by atoms with Crippen molar-refractivity contribution in [1.29, 1.82) is 0 Å². The average molecular weight is 420 g/mol. The Morgan fingerprint density at radius 3 is 2.35 bits per heavy atom. The highest BCUT2D eigenvalue weighted by molar-refractivity contribution is 5.92. The zero-order valence-corrected chi connectivity index (χ0v) is 17.2. The smallest absolute Gasteiger partial charge is 0.412 e. The molecular weight excluding hydrogens is 396 g/mol. The van der Waals surface area contributed by atoms with E-state index in [2.05, 4.69) is 5.32 Å². The number of phenolic OH excluding ortho intramolecular Hbond substituents is 1. The molecule has 4 N–H and O–H groups in total. The largest absolute Gasteiger partial charge is 0.507 e. The average Bonchev–Trinajstić information content (AvgIpc) is 2.78. The van der Waals surface area contributed by atoms with Crippen LogP contribution in [0.15, 0.2) is 72.8 Å². The summed E-state index contributed by atoms with van der Waals surface area (Å²) in [6.45, 7) is 3.73. The maximum Gasteiger partial charge on any atom is 0.412 e. The van der Waals surface area contributed by atoms with E-state index < -0.39 is 24.0 Å². The molecule has 0 saturated heterocycles. The number of anilines is 1. The third-order valence-electron chi connectivity index (χ3n) is 4.91. The summed E-state index contributed by atoms with van der Waals surface area (Å²) >= 11 is 0. The standard InChI is InChI=1S/C24H24N2O5/c1-15-7-10-17(11-8-15)25-24(29)31-23(16(2)9-14-22(28)26-30)20-12-13-21(27)19-6-4-3-5-18(19)20/h3-14,16,23,27,30H,1-2H3,(H,25,29)(H,26,28)/b14-9+/t16-,23-/m1/s1. The summed E-state index contributed by atoms with van der Waals surface area (Å²) in [6, 6.07) is 17.8. The molecule has 0 heterocycles. The summed E-state index contributed by atoms with van der Waals surface area (Å²) < 4.78 is 5.77. The van der Waals surface area contributed by atoms with Gasteiger partial charge in [-0.2, -0.15) is 0 Å². The molecule has 0 aliphatic rings. The third kappa shape index (κ3) is 5.40. The van der Waals surface area contributed by atoms with E-state index in [1.165, 1.54) is 17.6 Å². The van der Waals surface area contributed by atoms with Gasteiger partial charge in [0.15, 0.2) is 0 Å². The van der Waals surface area contributed by atoms with Gasteiger partial charge in [-0.15, -0.1) is 0 Å². The van der Waals surface area contributed by atoms with Crippen molar-refractivity contribution in [3.63, 3.8) is 0 Å². The van der Waals surface area contributed by atoms with Gasteiger partial charge < -0.3 is 9.84 Å². The highest BCUT2D eigenvalue weighted by Crippen LogP contribution is 2.36. The number of nitrogens with one attached hydrogen (secondary N) is 2. The predicted molar refractivity (Wildman–Crippen MR) is 118 cm³/mol. The van der Waals surface area contributed by atoms with Crippen LogP contribution in [0.2, 0.25) is 0 Å². The van der Waals surface area contributed by atoms with E-state index in [0.717, 1.165) is 10.9 Å². The van der Waals surface area contributed by atoms with Crippen LogP contribution < -0.4 is 10.8 Å². The number of ether oxygens (including phenoxy) is 1. The zero-order chi connectivity index (χ0) is 22.4.